The van der Waals surface area contributed by atoms with Crippen molar-refractivity contribution in [1.29, 1.82) is 0 Å². The summed E-state index contributed by atoms with van der Waals surface area (Å²) in [5.41, 5.74) is 1.98. The number of fused-ring (bicyclic) bond motifs is 1. The van der Waals surface area contributed by atoms with Crippen LogP contribution in [0.15, 0.2) is 35.1 Å². The Bertz CT molecular complexity index is 929. The number of pyridine rings is 1. The van der Waals surface area contributed by atoms with Gasteiger partial charge in [0.1, 0.15) is 5.69 Å². The molecule has 1 aliphatic heterocycles. The number of carbonyl (C=O) groups is 1. The monoisotopic (exact) mass is 353 g/mol. The van der Waals surface area contributed by atoms with Crippen molar-refractivity contribution in [2.75, 3.05) is 19.6 Å². The van der Waals surface area contributed by atoms with Crippen molar-refractivity contribution in [2.24, 2.45) is 0 Å². The SMILES string of the molecule is CC(C)n1ncc2c(C(=O)N3CCNC[C@H]3C)cc(-c3ccco3)nc21. The molecular weight excluding hydrogens is 330 g/mol. The van der Waals surface area contributed by atoms with Gasteiger partial charge in [-0.1, -0.05) is 0 Å². The zero-order chi connectivity index (χ0) is 18.3. The lowest BCUT2D eigenvalue weighted by molar-refractivity contribution is 0.0658. The van der Waals surface area contributed by atoms with Crippen LogP contribution in [0.2, 0.25) is 0 Å². The second kappa shape index (κ2) is 6.57. The van der Waals surface area contributed by atoms with Gasteiger partial charge >= 0.3 is 0 Å². The highest BCUT2D eigenvalue weighted by Gasteiger charge is 2.27. The topological polar surface area (TPSA) is 76.2 Å². The molecule has 1 amide bonds. The first-order valence-corrected chi connectivity index (χ1v) is 9.00. The number of hydrogen-bond acceptors (Lipinski definition) is 5. The van der Waals surface area contributed by atoms with Crippen LogP contribution in [0.1, 0.15) is 37.2 Å². The average Bonchev–Trinajstić information content (AvgIpc) is 3.30. The van der Waals surface area contributed by atoms with Crippen LogP contribution in [0.3, 0.4) is 0 Å². The van der Waals surface area contributed by atoms with E-state index in [0.717, 1.165) is 18.5 Å². The Labute approximate surface area is 152 Å². The van der Waals surface area contributed by atoms with Crippen LogP contribution >= 0.6 is 0 Å². The van der Waals surface area contributed by atoms with Gasteiger partial charge in [-0.25, -0.2) is 9.67 Å². The van der Waals surface area contributed by atoms with Gasteiger partial charge in [0.15, 0.2) is 11.4 Å². The molecule has 1 saturated heterocycles. The van der Waals surface area contributed by atoms with E-state index in [2.05, 4.69) is 17.3 Å². The zero-order valence-electron chi connectivity index (χ0n) is 15.3. The van der Waals surface area contributed by atoms with Crippen molar-refractivity contribution < 1.29 is 9.21 Å². The molecule has 0 bridgehead atoms. The van der Waals surface area contributed by atoms with E-state index in [4.69, 9.17) is 9.40 Å². The summed E-state index contributed by atoms with van der Waals surface area (Å²) in [5, 5.41) is 8.57. The second-order valence-electron chi connectivity index (χ2n) is 7.00. The molecule has 0 aliphatic carbocycles. The molecule has 3 aromatic heterocycles. The van der Waals surface area contributed by atoms with Crippen molar-refractivity contribution in [1.82, 2.24) is 25.0 Å². The van der Waals surface area contributed by atoms with Gasteiger partial charge in [-0.05, 0) is 39.0 Å². The zero-order valence-corrected chi connectivity index (χ0v) is 15.3. The molecule has 1 aliphatic rings. The summed E-state index contributed by atoms with van der Waals surface area (Å²) < 4.78 is 7.37. The molecule has 0 radical (unpaired) electrons. The first kappa shape index (κ1) is 16.8. The Kier molecular flexibility index (Phi) is 4.24. The fraction of sp³-hybridized carbons (Fsp3) is 0.421. The van der Waals surface area contributed by atoms with Crippen LogP contribution in [0.5, 0.6) is 0 Å². The molecule has 0 saturated carbocycles. The quantitative estimate of drug-likeness (QED) is 0.783. The second-order valence-corrected chi connectivity index (χ2v) is 7.00. The van der Waals surface area contributed by atoms with Crippen LogP contribution in [0.4, 0.5) is 0 Å². The normalized spacial score (nSPS) is 18.0. The molecule has 1 N–H and O–H groups in total. The van der Waals surface area contributed by atoms with Crippen LogP contribution in [0.25, 0.3) is 22.5 Å². The van der Waals surface area contributed by atoms with Crippen molar-refractivity contribution in [3.8, 4) is 11.5 Å². The van der Waals surface area contributed by atoms with Gasteiger partial charge in [-0.15, -0.1) is 0 Å². The van der Waals surface area contributed by atoms with E-state index in [9.17, 15) is 4.79 Å². The first-order chi connectivity index (χ1) is 12.6. The molecule has 0 spiro atoms. The van der Waals surface area contributed by atoms with Gasteiger partial charge in [0.05, 0.1) is 23.4 Å². The molecule has 26 heavy (non-hydrogen) atoms. The molecule has 7 nitrogen and oxygen atoms in total. The lowest BCUT2D eigenvalue weighted by Gasteiger charge is -2.34. The molecule has 0 aromatic carbocycles. The van der Waals surface area contributed by atoms with Gasteiger partial charge in [-0.2, -0.15) is 5.10 Å². The number of piperazine rings is 1. The first-order valence-electron chi connectivity index (χ1n) is 9.00. The lowest BCUT2D eigenvalue weighted by Crippen LogP contribution is -2.52. The number of nitrogens with one attached hydrogen (secondary N) is 1. The van der Waals surface area contributed by atoms with E-state index in [-0.39, 0.29) is 18.0 Å². The Hall–Kier alpha value is -2.67. The fourth-order valence-corrected chi connectivity index (χ4v) is 3.42. The largest absolute Gasteiger partial charge is 0.463 e. The van der Waals surface area contributed by atoms with Crippen LogP contribution < -0.4 is 5.32 Å². The third-order valence-electron chi connectivity index (χ3n) is 4.82. The minimum atomic E-state index is 0.0162. The maximum Gasteiger partial charge on any atom is 0.255 e. The maximum atomic E-state index is 13.3. The Morgan fingerprint density at radius 2 is 2.27 bits per heavy atom. The number of amides is 1. The molecule has 3 aromatic rings. The number of aromatic nitrogens is 3. The summed E-state index contributed by atoms with van der Waals surface area (Å²) in [5.74, 6) is 0.660. The number of carbonyl (C=O) groups excluding carboxylic acids is 1. The van der Waals surface area contributed by atoms with E-state index in [1.54, 1.807) is 12.5 Å². The third kappa shape index (κ3) is 2.78. The lowest BCUT2D eigenvalue weighted by atomic mass is 10.1. The highest BCUT2D eigenvalue weighted by atomic mass is 16.3. The van der Waals surface area contributed by atoms with Gasteiger partial charge in [-0.3, -0.25) is 4.79 Å². The molecule has 7 heteroatoms. The van der Waals surface area contributed by atoms with Crippen molar-refractivity contribution in [2.45, 2.75) is 32.9 Å². The van der Waals surface area contributed by atoms with E-state index >= 15 is 0 Å². The number of furan rings is 1. The van der Waals surface area contributed by atoms with Crippen molar-refractivity contribution >= 4 is 16.9 Å². The predicted molar refractivity (Wildman–Crippen MR) is 99.0 cm³/mol. The fourth-order valence-electron chi connectivity index (χ4n) is 3.42. The average molecular weight is 353 g/mol. The molecule has 1 atom stereocenters. The van der Waals surface area contributed by atoms with E-state index in [1.165, 1.54) is 0 Å². The summed E-state index contributed by atoms with van der Waals surface area (Å²) in [4.78, 5) is 20.0. The smallest absolute Gasteiger partial charge is 0.255 e. The Morgan fingerprint density at radius 1 is 1.42 bits per heavy atom. The number of hydrogen-bond donors (Lipinski definition) is 1. The van der Waals surface area contributed by atoms with E-state index in [1.807, 2.05) is 41.6 Å². The molecule has 4 heterocycles. The third-order valence-corrected chi connectivity index (χ3v) is 4.82. The number of rotatable bonds is 3. The van der Waals surface area contributed by atoms with Gasteiger partial charge in [0.25, 0.3) is 5.91 Å². The predicted octanol–water partition coefficient (Wildman–Crippen LogP) is 2.71. The van der Waals surface area contributed by atoms with Crippen LogP contribution in [0, 0.1) is 0 Å². The van der Waals surface area contributed by atoms with Gasteiger partial charge in [0, 0.05) is 31.7 Å². The minimum Gasteiger partial charge on any atom is -0.463 e. The molecule has 136 valence electrons. The molecular formula is C19H23N5O2. The Balaban J connectivity index is 1.88. The molecule has 1 fully saturated rings. The van der Waals surface area contributed by atoms with Gasteiger partial charge < -0.3 is 14.6 Å². The minimum absolute atomic E-state index is 0.0162. The standard InChI is InChI=1S/C19H23N5O2/c1-12(2)24-18-15(11-21-24)14(9-16(22-18)17-5-4-8-26-17)19(25)23-7-6-20-10-13(23)3/h4-5,8-9,11-13,20H,6-7,10H2,1-3H3/t13-/m1/s1. The van der Waals surface area contributed by atoms with Crippen molar-refractivity contribution in [3.63, 3.8) is 0 Å². The highest BCUT2D eigenvalue weighted by molar-refractivity contribution is 6.06. The van der Waals surface area contributed by atoms with E-state index < -0.39 is 0 Å². The number of nitrogens with zero attached hydrogens (tertiary/aromatic N) is 4. The summed E-state index contributed by atoms with van der Waals surface area (Å²) in [6.07, 6.45) is 3.36. The van der Waals surface area contributed by atoms with E-state index in [0.29, 0.717) is 29.2 Å². The summed E-state index contributed by atoms with van der Waals surface area (Å²) in [7, 11) is 0. The maximum absolute atomic E-state index is 13.3. The summed E-state index contributed by atoms with van der Waals surface area (Å²) in [6, 6.07) is 5.79. The summed E-state index contributed by atoms with van der Waals surface area (Å²) >= 11 is 0. The van der Waals surface area contributed by atoms with Crippen molar-refractivity contribution in [3.05, 3.63) is 36.2 Å². The molecule has 0 unspecified atom stereocenters. The highest BCUT2D eigenvalue weighted by Crippen LogP contribution is 2.28. The van der Waals surface area contributed by atoms with Crippen LogP contribution in [-0.4, -0.2) is 51.2 Å². The van der Waals surface area contributed by atoms with Crippen LogP contribution in [-0.2, 0) is 0 Å². The van der Waals surface area contributed by atoms with Gasteiger partial charge in [0.2, 0.25) is 0 Å². The Morgan fingerprint density at radius 3 is 2.96 bits per heavy atom. The summed E-state index contributed by atoms with van der Waals surface area (Å²) in [6.45, 7) is 8.46. The molecule has 4 rings (SSSR count).